The molecule has 174 valence electrons. The number of rotatable bonds is 7. The van der Waals surface area contributed by atoms with Crippen LogP contribution in [0.1, 0.15) is 12.0 Å². The fraction of sp³-hybridized carbons (Fsp3) is 0.160. The molecule has 1 atom stereocenters. The molecule has 0 bridgehead atoms. The van der Waals surface area contributed by atoms with Crippen LogP contribution in [0, 0.1) is 0 Å². The van der Waals surface area contributed by atoms with E-state index in [1.165, 1.54) is 11.8 Å². The van der Waals surface area contributed by atoms with Gasteiger partial charge in [-0.05, 0) is 48.0 Å². The third-order valence-corrected chi connectivity index (χ3v) is 7.00. The van der Waals surface area contributed by atoms with E-state index in [2.05, 4.69) is 10.3 Å². The molecular weight excluding hydrogens is 493 g/mol. The van der Waals surface area contributed by atoms with Gasteiger partial charge in [-0.1, -0.05) is 65.3 Å². The van der Waals surface area contributed by atoms with Gasteiger partial charge in [0.05, 0.1) is 30.1 Å². The lowest BCUT2D eigenvalue weighted by molar-refractivity contribution is -0.128. The predicted octanol–water partition coefficient (Wildman–Crippen LogP) is 6.16. The lowest BCUT2D eigenvalue weighted by atomic mass is 10.2. The number of halogens is 2. The van der Waals surface area contributed by atoms with E-state index in [-0.39, 0.29) is 24.8 Å². The highest BCUT2D eigenvalue weighted by molar-refractivity contribution is 8.15. The molecule has 0 aliphatic carbocycles. The number of hydrogen-bond donors (Lipinski definition) is 1. The number of methoxy groups -OCH3 is 1. The van der Waals surface area contributed by atoms with Crippen molar-refractivity contribution in [3.05, 3.63) is 88.4 Å². The van der Waals surface area contributed by atoms with Gasteiger partial charge in [0.15, 0.2) is 5.17 Å². The monoisotopic (exact) mass is 513 g/mol. The second-order valence-corrected chi connectivity index (χ2v) is 9.43. The Bertz CT molecular complexity index is 1230. The second kappa shape index (κ2) is 11.0. The SMILES string of the molecule is COc1ccc(N=C2S[C@H](CC(=O)Nc3ccccc3Cl)C(=O)N2Cc2ccccc2Cl)cc1. The Morgan fingerprint density at radius 1 is 1.03 bits per heavy atom. The van der Waals surface area contributed by atoms with Gasteiger partial charge in [-0.2, -0.15) is 0 Å². The minimum absolute atomic E-state index is 0.0185. The smallest absolute Gasteiger partial charge is 0.242 e. The molecule has 0 spiro atoms. The fourth-order valence-electron chi connectivity index (χ4n) is 3.37. The molecule has 3 aromatic rings. The largest absolute Gasteiger partial charge is 0.497 e. The maximum Gasteiger partial charge on any atom is 0.242 e. The van der Waals surface area contributed by atoms with E-state index in [1.54, 1.807) is 54.5 Å². The minimum Gasteiger partial charge on any atom is -0.497 e. The fourth-order valence-corrected chi connectivity index (χ4v) is 4.90. The van der Waals surface area contributed by atoms with Crippen LogP contribution in [0.25, 0.3) is 0 Å². The maximum atomic E-state index is 13.3. The number of nitrogens with one attached hydrogen (secondary N) is 1. The zero-order valence-corrected chi connectivity index (χ0v) is 20.5. The molecule has 1 heterocycles. The molecule has 0 radical (unpaired) electrons. The summed E-state index contributed by atoms with van der Waals surface area (Å²) in [5.74, 6) is 0.204. The van der Waals surface area contributed by atoms with Crippen molar-refractivity contribution in [2.75, 3.05) is 12.4 Å². The number of amides is 2. The maximum absolute atomic E-state index is 13.3. The highest BCUT2D eigenvalue weighted by Gasteiger charge is 2.39. The molecule has 2 amide bonds. The van der Waals surface area contributed by atoms with Crippen molar-refractivity contribution >= 4 is 63.3 Å². The van der Waals surface area contributed by atoms with Crippen molar-refractivity contribution in [2.45, 2.75) is 18.2 Å². The molecule has 1 saturated heterocycles. The first-order valence-corrected chi connectivity index (χ1v) is 12.1. The van der Waals surface area contributed by atoms with Crippen LogP contribution in [0.2, 0.25) is 10.0 Å². The predicted molar refractivity (Wildman–Crippen MR) is 138 cm³/mol. The molecule has 1 N–H and O–H groups in total. The molecular formula is C25H21Cl2N3O3S. The van der Waals surface area contributed by atoms with Crippen LogP contribution in [-0.2, 0) is 16.1 Å². The lowest BCUT2D eigenvalue weighted by Crippen LogP contribution is -2.33. The summed E-state index contributed by atoms with van der Waals surface area (Å²) in [6, 6.07) is 21.5. The molecule has 3 aromatic carbocycles. The topological polar surface area (TPSA) is 71.0 Å². The van der Waals surface area contributed by atoms with Crippen LogP contribution in [0.3, 0.4) is 0 Å². The van der Waals surface area contributed by atoms with E-state index in [0.29, 0.717) is 32.3 Å². The molecule has 0 aromatic heterocycles. The van der Waals surface area contributed by atoms with E-state index in [0.717, 1.165) is 5.56 Å². The highest BCUT2D eigenvalue weighted by Crippen LogP contribution is 2.34. The summed E-state index contributed by atoms with van der Waals surface area (Å²) in [5, 5.41) is 3.65. The van der Waals surface area contributed by atoms with Crippen molar-refractivity contribution in [3.8, 4) is 5.75 Å². The Labute approximate surface area is 211 Å². The number of para-hydroxylation sites is 1. The summed E-state index contributed by atoms with van der Waals surface area (Å²) in [7, 11) is 1.59. The van der Waals surface area contributed by atoms with Gasteiger partial charge in [-0.25, -0.2) is 4.99 Å². The standard InChI is InChI=1S/C25H21Cl2N3O3S/c1-33-18-12-10-17(11-13-18)28-25-30(15-16-6-2-3-7-19(16)26)24(32)22(34-25)14-23(31)29-21-9-5-4-8-20(21)27/h2-13,22H,14-15H2,1H3,(H,29,31)/t22-/m1/s1. The van der Waals surface area contributed by atoms with E-state index in [4.69, 9.17) is 27.9 Å². The van der Waals surface area contributed by atoms with Crippen LogP contribution >= 0.6 is 35.0 Å². The number of nitrogens with zero attached hydrogens (tertiary/aromatic N) is 2. The summed E-state index contributed by atoms with van der Waals surface area (Å²) >= 11 is 13.7. The summed E-state index contributed by atoms with van der Waals surface area (Å²) < 4.78 is 5.20. The average molecular weight is 514 g/mol. The van der Waals surface area contributed by atoms with Gasteiger partial charge in [0.1, 0.15) is 11.0 Å². The average Bonchev–Trinajstić information content (AvgIpc) is 3.11. The number of aliphatic imine (C=N–C) groups is 1. The normalized spacial score (nSPS) is 16.7. The number of thioether (sulfide) groups is 1. The second-order valence-electron chi connectivity index (χ2n) is 7.45. The van der Waals surface area contributed by atoms with Gasteiger partial charge in [-0.15, -0.1) is 0 Å². The molecule has 0 unspecified atom stereocenters. The first kappa shape index (κ1) is 24.1. The lowest BCUT2D eigenvalue weighted by Gasteiger charge is -2.17. The zero-order valence-electron chi connectivity index (χ0n) is 18.2. The van der Waals surface area contributed by atoms with E-state index >= 15 is 0 Å². The minimum atomic E-state index is -0.623. The number of carbonyl (C=O) groups is 2. The van der Waals surface area contributed by atoms with Gasteiger partial charge < -0.3 is 10.1 Å². The first-order chi connectivity index (χ1) is 16.4. The van der Waals surface area contributed by atoms with Crippen LogP contribution in [-0.4, -0.2) is 34.2 Å². The number of benzene rings is 3. The Hall–Kier alpha value is -3.00. The van der Waals surface area contributed by atoms with Crippen LogP contribution in [0.15, 0.2) is 77.8 Å². The van der Waals surface area contributed by atoms with Crippen molar-refractivity contribution in [1.29, 1.82) is 0 Å². The number of hydrogen-bond acceptors (Lipinski definition) is 5. The van der Waals surface area contributed by atoms with E-state index in [1.807, 2.05) is 30.3 Å². The van der Waals surface area contributed by atoms with E-state index < -0.39 is 5.25 Å². The first-order valence-electron chi connectivity index (χ1n) is 10.4. The molecule has 34 heavy (non-hydrogen) atoms. The summed E-state index contributed by atoms with van der Waals surface area (Å²) in [4.78, 5) is 32.3. The van der Waals surface area contributed by atoms with Gasteiger partial charge in [0, 0.05) is 11.4 Å². The van der Waals surface area contributed by atoms with Gasteiger partial charge in [0.25, 0.3) is 0 Å². The summed E-state index contributed by atoms with van der Waals surface area (Å²) in [6.45, 7) is 0.253. The van der Waals surface area contributed by atoms with Crippen molar-refractivity contribution in [3.63, 3.8) is 0 Å². The number of ether oxygens (including phenoxy) is 1. The van der Waals surface area contributed by atoms with Crippen LogP contribution in [0.5, 0.6) is 5.75 Å². The summed E-state index contributed by atoms with van der Waals surface area (Å²) in [5.41, 5.74) is 1.97. The Balaban J connectivity index is 1.57. The van der Waals surface area contributed by atoms with Crippen LogP contribution < -0.4 is 10.1 Å². The van der Waals surface area contributed by atoms with Gasteiger partial charge in [0.2, 0.25) is 11.8 Å². The number of anilines is 1. The van der Waals surface area contributed by atoms with Crippen molar-refractivity contribution in [1.82, 2.24) is 4.90 Å². The molecule has 9 heteroatoms. The Morgan fingerprint density at radius 2 is 1.71 bits per heavy atom. The number of carbonyl (C=O) groups excluding carboxylic acids is 2. The number of amidine groups is 1. The third-order valence-electron chi connectivity index (χ3n) is 5.12. The van der Waals surface area contributed by atoms with E-state index in [9.17, 15) is 9.59 Å². The zero-order chi connectivity index (χ0) is 24.1. The molecule has 6 nitrogen and oxygen atoms in total. The molecule has 1 fully saturated rings. The molecule has 4 rings (SSSR count). The molecule has 1 aliphatic rings. The Morgan fingerprint density at radius 3 is 2.38 bits per heavy atom. The van der Waals surface area contributed by atoms with Gasteiger partial charge >= 0.3 is 0 Å². The van der Waals surface area contributed by atoms with Gasteiger partial charge in [-0.3, -0.25) is 14.5 Å². The summed E-state index contributed by atoms with van der Waals surface area (Å²) in [6.07, 6.45) is -0.0185. The Kier molecular flexibility index (Phi) is 7.77. The van der Waals surface area contributed by atoms with Crippen LogP contribution in [0.4, 0.5) is 11.4 Å². The van der Waals surface area contributed by atoms with Crippen molar-refractivity contribution < 1.29 is 14.3 Å². The highest BCUT2D eigenvalue weighted by atomic mass is 35.5. The molecule has 0 saturated carbocycles. The van der Waals surface area contributed by atoms with Crippen molar-refractivity contribution in [2.24, 2.45) is 4.99 Å². The third kappa shape index (κ3) is 5.73. The quantitative estimate of drug-likeness (QED) is 0.410. The molecule has 1 aliphatic heterocycles.